The van der Waals surface area contributed by atoms with Crippen LogP contribution < -0.4 is 11.5 Å². The van der Waals surface area contributed by atoms with E-state index in [0.717, 1.165) is 5.56 Å². The molecule has 2 amide bonds. The van der Waals surface area contributed by atoms with E-state index in [2.05, 4.69) is 4.99 Å². The van der Waals surface area contributed by atoms with Crippen LogP contribution in [-0.2, 0) is 11.3 Å². The fraction of sp³-hybridized carbons (Fsp3) is 0.111. The van der Waals surface area contributed by atoms with E-state index in [1.165, 1.54) is 0 Å². The van der Waals surface area contributed by atoms with Gasteiger partial charge in [-0.05, 0) is 5.56 Å². The molecule has 0 spiro atoms. The molecule has 14 heavy (non-hydrogen) atoms. The number of ether oxygens (including phenoxy) is 1. The monoisotopic (exact) mass is 193 g/mol. The number of carbonyl (C=O) groups excluding carboxylic acids is 1. The van der Waals surface area contributed by atoms with Gasteiger partial charge in [-0.25, -0.2) is 4.79 Å². The summed E-state index contributed by atoms with van der Waals surface area (Å²) in [6.45, 7) is 0.267. The van der Waals surface area contributed by atoms with Crippen molar-refractivity contribution >= 4 is 12.1 Å². The third kappa shape index (κ3) is 3.57. The largest absolute Gasteiger partial charge is 0.460 e. The van der Waals surface area contributed by atoms with E-state index in [-0.39, 0.29) is 12.6 Å². The lowest BCUT2D eigenvalue weighted by molar-refractivity contribution is 0.253. The van der Waals surface area contributed by atoms with Gasteiger partial charge in [-0.3, -0.25) is 0 Å². The molecule has 0 atom stereocenters. The first-order valence-electron chi connectivity index (χ1n) is 3.99. The molecule has 1 rings (SSSR count). The number of aliphatic imine (C=N–C) groups is 1. The highest BCUT2D eigenvalue weighted by atomic mass is 16.5. The Balaban J connectivity index is 2.45. The summed E-state index contributed by atoms with van der Waals surface area (Å²) in [5.74, 6) is 0. The molecule has 0 saturated heterocycles. The SMILES string of the molecule is NC(=O)N=C(N)OCc1ccccc1. The molecule has 0 aliphatic heterocycles. The number of amidine groups is 1. The molecule has 0 fully saturated rings. The van der Waals surface area contributed by atoms with Gasteiger partial charge in [-0.1, -0.05) is 30.3 Å². The molecule has 0 aromatic heterocycles. The van der Waals surface area contributed by atoms with Gasteiger partial charge in [0.1, 0.15) is 6.61 Å². The van der Waals surface area contributed by atoms with Crippen LogP contribution >= 0.6 is 0 Å². The molecule has 1 aromatic carbocycles. The summed E-state index contributed by atoms with van der Waals surface area (Å²) in [6.07, 6.45) is 0. The van der Waals surface area contributed by atoms with Crippen molar-refractivity contribution in [1.29, 1.82) is 0 Å². The zero-order valence-electron chi connectivity index (χ0n) is 7.51. The predicted molar refractivity (Wildman–Crippen MR) is 52.4 cm³/mol. The zero-order chi connectivity index (χ0) is 10.4. The fourth-order valence-corrected chi connectivity index (χ4v) is 0.872. The first kappa shape index (κ1) is 10.0. The molecule has 5 heteroatoms. The highest BCUT2D eigenvalue weighted by Crippen LogP contribution is 1.99. The van der Waals surface area contributed by atoms with Crippen molar-refractivity contribution in [3.63, 3.8) is 0 Å². The first-order valence-corrected chi connectivity index (χ1v) is 3.99. The summed E-state index contributed by atoms with van der Waals surface area (Å²) in [7, 11) is 0. The van der Waals surface area contributed by atoms with Crippen molar-refractivity contribution < 1.29 is 9.53 Å². The van der Waals surface area contributed by atoms with Crippen molar-refractivity contribution in [3.05, 3.63) is 35.9 Å². The van der Waals surface area contributed by atoms with Gasteiger partial charge in [-0.15, -0.1) is 4.99 Å². The van der Waals surface area contributed by atoms with Crippen LogP contribution in [0.15, 0.2) is 35.3 Å². The van der Waals surface area contributed by atoms with Gasteiger partial charge in [0, 0.05) is 0 Å². The van der Waals surface area contributed by atoms with E-state index in [0.29, 0.717) is 0 Å². The number of hydrogen-bond acceptors (Lipinski definition) is 2. The Morgan fingerprint density at radius 2 is 1.93 bits per heavy atom. The second-order valence-corrected chi connectivity index (χ2v) is 2.56. The Hall–Kier alpha value is -2.04. The molecular weight excluding hydrogens is 182 g/mol. The number of primary amides is 1. The topological polar surface area (TPSA) is 90.7 Å². The number of carbonyl (C=O) groups is 1. The predicted octanol–water partition coefficient (Wildman–Crippen LogP) is 0.597. The minimum Gasteiger partial charge on any atom is -0.460 e. The molecule has 0 unspecified atom stereocenters. The van der Waals surface area contributed by atoms with Crippen LogP contribution in [0.2, 0.25) is 0 Å². The van der Waals surface area contributed by atoms with Gasteiger partial charge in [0.2, 0.25) is 0 Å². The summed E-state index contributed by atoms with van der Waals surface area (Å²) in [6, 6.07) is 8.30. The maximum Gasteiger partial charge on any atom is 0.342 e. The van der Waals surface area contributed by atoms with E-state index in [4.69, 9.17) is 16.2 Å². The normalized spacial score (nSPS) is 11.0. The number of benzene rings is 1. The van der Waals surface area contributed by atoms with Crippen LogP contribution in [0.4, 0.5) is 4.79 Å². The van der Waals surface area contributed by atoms with Crippen LogP contribution in [0.25, 0.3) is 0 Å². The standard InChI is InChI=1S/C9H11N3O2/c10-8(13)12-9(11)14-6-7-4-2-1-3-5-7/h1-5H,6H2,(H4,10,11,12,13). The molecule has 74 valence electrons. The van der Waals surface area contributed by atoms with Crippen molar-refractivity contribution in [2.45, 2.75) is 6.61 Å². The van der Waals surface area contributed by atoms with Gasteiger partial charge >= 0.3 is 6.03 Å². The maximum absolute atomic E-state index is 10.3. The van der Waals surface area contributed by atoms with Crippen LogP contribution in [0.1, 0.15) is 5.56 Å². The lowest BCUT2D eigenvalue weighted by Gasteiger charge is -2.03. The summed E-state index contributed by atoms with van der Waals surface area (Å²) in [5.41, 5.74) is 11.0. The molecule has 0 radical (unpaired) electrons. The third-order valence-electron chi connectivity index (χ3n) is 1.45. The molecule has 0 heterocycles. The molecule has 0 bridgehead atoms. The molecule has 0 aliphatic carbocycles. The molecule has 0 saturated carbocycles. The molecule has 1 aromatic rings. The van der Waals surface area contributed by atoms with Crippen LogP contribution in [-0.4, -0.2) is 12.1 Å². The lowest BCUT2D eigenvalue weighted by Crippen LogP contribution is -2.20. The third-order valence-corrected chi connectivity index (χ3v) is 1.45. The minimum atomic E-state index is -0.865. The maximum atomic E-state index is 10.3. The summed E-state index contributed by atoms with van der Waals surface area (Å²) < 4.78 is 4.97. The quantitative estimate of drug-likeness (QED) is 0.532. The van der Waals surface area contributed by atoms with Gasteiger partial charge in [0.05, 0.1) is 0 Å². The summed E-state index contributed by atoms with van der Waals surface area (Å²) in [5, 5.41) is 0. The second kappa shape index (κ2) is 4.86. The van der Waals surface area contributed by atoms with E-state index in [1.54, 1.807) is 0 Å². The van der Waals surface area contributed by atoms with Crippen LogP contribution in [0, 0.1) is 0 Å². The van der Waals surface area contributed by atoms with E-state index >= 15 is 0 Å². The Morgan fingerprint density at radius 3 is 2.50 bits per heavy atom. The number of nitrogens with zero attached hydrogens (tertiary/aromatic N) is 1. The molecule has 0 aliphatic rings. The minimum absolute atomic E-state index is 0.221. The Labute approximate surface area is 81.4 Å². The smallest absolute Gasteiger partial charge is 0.342 e. The number of amides is 2. The summed E-state index contributed by atoms with van der Waals surface area (Å²) >= 11 is 0. The van der Waals surface area contributed by atoms with Crippen molar-refractivity contribution in [2.75, 3.05) is 0 Å². The number of hydrogen-bond donors (Lipinski definition) is 2. The Bertz CT molecular complexity index is 335. The van der Waals surface area contributed by atoms with Gasteiger partial charge in [-0.2, -0.15) is 0 Å². The highest BCUT2D eigenvalue weighted by molar-refractivity contribution is 5.87. The lowest BCUT2D eigenvalue weighted by atomic mass is 10.2. The average molecular weight is 193 g/mol. The van der Waals surface area contributed by atoms with Crippen LogP contribution in [0.3, 0.4) is 0 Å². The number of rotatable bonds is 2. The highest BCUT2D eigenvalue weighted by Gasteiger charge is 1.96. The molecular formula is C9H11N3O2. The van der Waals surface area contributed by atoms with Crippen molar-refractivity contribution in [1.82, 2.24) is 0 Å². The average Bonchev–Trinajstić information content (AvgIpc) is 2.15. The molecule has 4 N–H and O–H groups in total. The Morgan fingerprint density at radius 1 is 1.29 bits per heavy atom. The van der Waals surface area contributed by atoms with Crippen LogP contribution in [0.5, 0.6) is 0 Å². The number of nitrogens with two attached hydrogens (primary N) is 2. The van der Waals surface area contributed by atoms with E-state index < -0.39 is 6.03 Å². The molecule has 5 nitrogen and oxygen atoms in total. The van der Waals surface area contributed by atoms with E-state index in [9.17, 15) is 4.79 Å². The summed E-state index contributed by atoms with van der Waals surface area (Å²) in [4.78, 5) is 13.5. The van der Waals surface area contributed by atoms with Gasteiger partial charge in [0.25, 0.3) is 6.02 Å². The van der Waals surface area contributed by atoms with Gasteiger partial charge in [0.15, 0.2) is 0 Å². The Kier molecular flexibility index (Phi) is 3.49. The van der Waals surface area contributed by atoms with Crippen molar-refractivity contribution in [2.24, 2.45) is 16.5 Å². The van der Waals surface area contributed by atoms with Gasteiger partial charge < -0.3 is 16.2 Å². The zero-order valence-corrected chi connectivity index (χ0v) is 7.51. The number of urea groups is 1. The second-order valence-electron chi connectivity index (χ2n) is 2.56. The fourth-order valence-electron chi connectivity index (χ4n) is 0.872. The van der Waals surface area contributed by atoms with E-state index in [1.807, 2.05) is 30.3 Å². The van der Waals surface area contributed by atoms with Crippen molar-refractivity contribution in [3.8, 4) is 0 Å². The first-order chi connectivity index (χ1) is 6.68.